The maximum absolute atomic E-state index is 14.6. The lowest BCUT2D eigenvalue weighted by Gasteiger charge is -2.30. The van der Waals surface area contributed by atoms with E-state index >= 15 is 0 Å². The van der Waals surface area contributed by atoms with Crippen LogP contribution in [-0.2, 0) is 99.1 Å². The van der Waals surface area contributed by atoms with E-state index in [0.717, 1.165) is 30.5 Å². The number of fused-ring (bicyclic) bond motifs is 1. The van der Waals surface area contributed by atoms with E-state index in [-0.39, 0.29) is 72.3 Å². The first kappa shape index (κ1) is 112. The van der Waals surface area contributed by atoms with Crippen molar-refractivity contribution in [3.63, 3.8) is 0 Å². The quantitative estimate of drug-likeness (QED) is 0.0186. The number of aliphatic carboxylic acids is 3. The first-order chi connectivity index (χ1) is 62.2. The molecule has 1 heterocycles. The summed E-state index contributed by atoms with van der Waals surface area (Å²) in [5.74, 6) is -24.9. The Morgan fingerprint density at radius 1 is 0.432 bits per heavy atom. The predicted molar refractivity (Wildman–Crippen MR) is 473 cm³/mol. The first-order valence-electron chi connectivity index (χ1n) is 42.7. The standard InChI is InChI=1S/C85H122ClN17O28S/c1-10-44(6)69(81(127)96-56(34-49-22-24-50(108)25-23-49)76(122)92-54(31-42(2)3)74(120)94-58(35-66(114)115)73(119)90-45(7)17-14-15-28-87)101-80(126)61(39-105)98-75(121)55(32-43(4)5)93-77(123)59(36-67(116)117)95-79(125)60(38-104)99-83(129)71(47(9)107)102-78(124)57(33-48-18-12-11-13-19-48)97-82(128)70(46(8)106)100-62(109)37-89-72(118)53(26-27-65(112)113)91-64(111)41-132-40-63(110)88-29-30-103-84(130)51-20-16-21-52(86)68(51)85(103)131/h11-13,16,18-25,42-47,53-61,69-71,104-108H,10,14-15,17,26-41,87H2,1-9H3,(H,88,110)(H,89,118)(H,90,119)(H,91,111)(H,92,122)(H,93,123)(H,94,120)(H,95,125)(H,96,127)(H,97,128)(H,98,121)(H,99,129)(H,100,109)(H,101,126)(H,102,124)(H,112,113)(H,114,115)(H,116,117)/t44-,45+,46+,47+,53-,54-,55-,56-,57-,58-,59-,60-,61-,69-,70-,71-/m0/s1. The van der Waals surface area contributed by atoms with Gasteiger partial charge in [-0.2, -0.15) is 0 Å². The fraction of sp³-hybridized carbons (Fsp3) is 0.553. The molecule has 0 aromatic heterocycles. The van der Waals surface area contributed by atoms with Crippen molar-refractivity contribution >= 4 is 142 Å². The van der Waals surface area contributed by atoms with Gasteiger partial charge in [-0.25, -0.2) is 0 Å². The molecule has 0 spiro atoms. The number of carboxylic acid groups (broad SMARTS) is 3. The molecule has 0 fully saturated rings. The minimum atomic E-state index is -2.16. The molecule has 1 aliphatic rings. The van der Waals surface area contributed by atoms with Gasteiger partial charge in [0.05, 0.1) is 72.5 Å². The van der Waals surface area contributed by atoms with Gasteiger partial charge in [0, 0.05) is 38.4 Å². The zero-order chi connectivity index (χ0) is 98.9. The van der Waals surface area contributed by atoms with Gasteiger partial charge in [0.1, 0.15) is 78.3 Å². The number of carboxylic acids is 3. The average Bonchev–Trinajstić information content (AvgIpc) is 1.62. The largest absolute Gasteiger partial charge is 0.508 e. The Morgan fingerprint density at radius 2 is 0.871 bits per heavy atom. The van der Waals surface area contributed by atoms with E-state index < -0.39 is 279 Å². The van der Waals surface area contributed by atoms with Crippen LogP contribution in [0.25, 0.3) is 0 Å². The minimum absolute atomic E-state index is 0.0296. The van der Waals surface area contributed by atoms with Crippen LogP contribution in [0.4, 0.5) is 0 Å². The molecule has 1 aliphatic heterocycles. The minimum Gasteiger partial charge on any atom is -0.508 e. The third kappa shape index (κ3) is 38.1. The van der Waals surface area contributed by atoms with Crippen molar-refractivity contribution in [3.8, 4) is 5.75 Å². The van der Waals surface area contributed by atoms with Crippen LogP contribution in [0.2, 0.25) is 5.02 Å². The maximum atomic E-state index is 14.6. The summed E-state index contributed by atoms with van der Waals surface area (Å²) in [6.45, 7) is 10.1. The number of nitrogens with two attached hydrogens (primary N) is 1. The van der Waals surface area contributed by atoms with Gasteiger partial charge in [0.2, 0.25) is 88.6 Å². The van der Waals surface area contributed by atoms with Gasteiger partial charge in [-0.1, -0.05) is 115 Å². The number of phenolic OH excluding ortho intramolecular Hbond substituents is 1. The van der Waals surface area contributed by atoms with E-state index in [2.05, 4.69) is 79.8 Å². The molecule has 0 saturated carbocycles. The van der Waals surface area contributed by atoms with Crippen molar-refractivity contribution in [1.29, 1.82) is 0 Å². The lowest BCUT2D eigenvalue weighted by atomic mass is 9.96. The van der Waals surface area contributed by atoms with Crippen molar-refractivity contribution in [2.45, 2.75) is 230 Å². The van der Waals surface area contributed by atoms with Crippen molar-refractivity contribution in [2.24, 2.45) is 23.5 Å². The number of rotatable bonds is 59. The molecule has 25 N–H and O–H groups in total. The smallest absolute Gasteiger partial charge is 0.305 e. The molecule has 0 radical (unpaired) electrons. The highest BCUT2D eigenvalue weighted by atomic mass is 35.5. The lowest BCUT2D eigenvalue weighted by Crippen LogP contribution is -2.63. The Morgan fingerprint density at radius 3 is 1.36 bits per heavy atom. The Hall–Kier alpha value is -12.5. The summed E-state index contributed by atoms with van der Waals surface area (Å²) in [5, 5.41) is 118. The topological polar surface area (TPSA) is 713 Å². The Labute approximate surface area is 769 Å². The van der Waals surface area contributed by atoms with Gasteiger partial charge >= 0.3 is 17.9 Å². The summed E-state index contributed by atoms with van der Waals surface area (Å²) in [6.07, 6.45) is -6.02. The predicted octanol–water partition coefficient (Wildman–Crippen LogP) is -4.76. The molecule has 728 valence electrons. The maximum Gasteiger partial charge on any atom is 0.305 e. The van der Waals surface area contributed by atoms with Crippen molar-refractivity contribution < 1.29 is 137 Å². The molecule has 0 aliphatic carbocycles. The van der Waals surface area contributed by atoms with Crippen LogP contribution in [0.15, 0.2) is 72.8 Å². The summed E-state index contributed by atoms with van der Waals surface area (Å²) in [5.41, 5.74) is 6.45. The van der Waals surface area contributed by atoms with Crippen molar-refractivity contribution in [3.05, 3.63) is 100 Å². The van der Waals surface area contributed by atoms with E-state index in [1.807, 2.05) is 0 Å². The fourth-order valence-corrected chi connectivity index (χ4v) is 14.2. The van der Waals surface area contributed by atoms with Crippen LogP contribution in [0.5, 0.6) is 5.75 Å². The number of unbranched alkanes of at least 4 members (excludes halogenated alkanes) is 1. The number of thioether (sulfide) groups is 1. The summed E-state index contributed by atoms with van der Waals surface area (Å²) in [4.78, 5) is 271. The number of nitrogens with one attached hydrogen (secondary N) is 15. The SMILES string of the molecule is CC[C@H](C)[C@H](NC(=O)[C@H](CO)NC(=O)[C@H](CC(C)C)NC(=O)[C@H](CC(=O)O)NC(=O)[C@H](CO)NC(=O)[C@@H](NC(=O)[C@H](Cc1ccccc1)NC(=O)[C@@H](NC(=O)CNC(=O)[C@H](CCC(=O)O)NC(=O)CSCC(=O)NCCN1C(=O)c2cccc(Cl)c2C1=O)[C@@H](C)O)[C@@H](C)O)C(=O)N[C@@H](Cc1ccc(O)cc1)C(=O)N[C@@H](CC(C)C)C(=O)N[C@@H](CC(=O)O)C(=O)N[C@H](C)CCCCN. The molecule has 132 heavy (non-hydrogen) atoms. The van der Waals surface area contributed by atoms with Crippen molar-refractivity contribution in [2.75, 3.05) is 50.9 Å². The third-order valence-electron chi connectivity index (χ3n) is 20.5. The number of phenols is 1. The van der Waals surface area contributed by atoms with E-state index in [1.165, 1.54) is 61.5 Å². The third-order valence-corrected chi connectivity index (χ3v) is 21.7. The second-order valence-corrected chi connectivity index (χ2v) is 33.9. The second kappa shape index (κ2) is 56.3. The highest BCUT2D eigenvalue weighted by molar-refractivity contribution is 8.00. The van der Waals surface area contributed by atoms with Crippen LogP contribution < -0.4 is 85.5 Å². The van der Waals surface area contributed by atoms with Gasteiger partial charge in [0.15, 0.2) is 0 Å². The Bertz CT molecular complexity index is 4530. The molecule has 0 unspecified atom stereocenters. The van der Waals surface area contributed by atoms with Gasteiger partial charge < -0.3 is 126 Å². The summed E-state index contributed by atoms with van der Waals surface area (Å²) >= 11 is 6.88. The number of nitrogens with zero attached hydrogens (tertiary/aromatic N) is 1. The Kier molecular flexibility index (Phi) is 47.7. The van der Waals surface area contributed by atoms with Gasteiger partial charge in [0.25, 0.3) is 11.8 Å². The van der Waals surface area contributed by atoms with Crippen LogP contribution in [0, 0.1) is 17.8 Å². The van der Waals surface area contributed by atoms with Crippen LogP contribution in [0.3, 0.4) is 0 Å². The number of imide groups is 1. The molecule has 4 rings (SSSR count). The highest BCUT2D eigenvalue weighted by Gasteiger charge is 2.42. The van der Waals surface area contributed by atoms with Crippen molar-refractivity contribution in [1.82, 2.24) is 84.7 Å². The van der Waals surface area contributed by atoms with E-state index in [1.54, 1.807) is 59.7 Å². The summed E-state index contributed by atoms with van der Waals surface area (Å²) in [7, 11) is 0. The zero-order valence-electron chi connectivity index (χ0n) is 74.5. The number of halogens is 1. The number of carbonyl (C=O) groups is 20. The number of aromatic hydroxyl groups is 1. The molecule has 0 bridgehead atoms. The first-order valence-corrected chi connectivity index (χ1v) is 44.2. The van der Waals surface area contributed by atoms with Gasteiger partial charge in [-0.05, 0) is 113 Å². The molecule has 45 nitrogen and oxygen atoms in total. The second-order valence-electron chi connectivity index (χ2n) is 32.5. The molecule has 0 saturated heterocycles. The molecular formula is C85H122ClN17O28S. The number of carbonyl (C=O) groups excluding carboxylic acids is 17. The summed E-state index contributed by atoms with van der Waals surface area (Å²) < 4.78 is 0. The van der Waals surface area contributed by atoms with E-state index in [0.29, 0.717) is 36.9 Å². The monoisotopic (exact) mass is 1900 g/mol. The van der Waals surface area contributed by atoms with Crippen LogP contribution in [0.1, 0.15) is 158 Å². The average molecular weight is 1900 g/mol. The number of aliphatic hydroxyl groups is 4. The number of benzene rings is 3. The fourth-order valence-electron chi connectivity index (χ4n) is 13.3. The summed E-state index contributed by atoms with van der Waals surface area (Å²) in [6, 6.07) is -4.39. The van der Waals surface area contributed by atoms with E-state index in [4.69, 9.17) is 17.3 Å². The van der Waals surface area contributed by atoms with Gasteiger partial charge in [-0.15, -0.1) is 11.8 Å². The highest BCUT2D eigenvalue weighted by Crippen LogP contribution is 2.29. The molecule has 47 heteroatoms. The lowest BCUT2D eigenvalue weighted by molar-refractivity contribution is -0.142. The molecule has 16 atom stereocenters. The van der Waals surface area contributed by atoms with Crippen LogP contribution >= 0.6 is 23.4 Å². The Balaban J connectivity index is 1.46. The number of hydrogen-bond donors (Lipinski definition) is 24. The molecule has 3 aromatic carbocycles. The number of hydrogen-bond acceptors (Lipinski definition) is 27. The normalized spacial score (nSPS) is 15.3. The number of amides is 17. The van der Waals surface area contributed by atoms with E-state index in [9.17, 15) is 137 Å². The zero-order valence-corrected chi connectivity index (χ0v) is 76.1. The number of aliphatic hydroxyl groups excluding tert-OH is 4. The van der Waals surface area contributed by atoms with Gasteiger partial charge in [-0.3, -0.25) is 101 Å². The molecular weight excluding hydrogens is 1770 g/mol. The molecule has 17 amide bonds. The van der Waals surface area contributed by atoms with Crippen LogP contribution in [-0.4, -0.2) is 306 Å². The molecule has 3 aromatic rings.